The Labute approximate surface area is 149 Å². The van der Waals surface area contributed by atoms with Crippen molar-refractivity contribution >= 4 is 17.5 Å². The van der Waals surface area contributed by atoms with Crippen LogP contribution in [-0.2, 0) is 4.79 Å². The lowest BCUT2D eigenvalue weighted by molar-refractivity contribution is -0.141. The summed E-state index contributed by atoms with van der Waals surface area (Å²) in [4.78, 5) is 16.8. The van der Waals surface area contributed by atoms with Gasteiger partial charge in [0.25, 0.3) is 0 Å². The number of para-hydroxylation sites is 1. The summed E-state index contributed by atoms with van der Waals surface area (Å²) in [5, 5.41) is 0.624. The van der Waals surface area contributed by atoms with Crippen molar-refractivity contribution < 1.29 is 9.53 Å². The molecule has 0 unspecified atom stereocenters. The van der Waals surface area contributed by atoms with E-state index in [1.807, 2.05) is 29.2 Å². The fourth-order valence-electron chi connectivity index (χ4n) is 3.49. The number of hydrogen-bond acceptors (Lipinski definition) is 3. The van der Waals surface area contributed by atoms with Crippen molar-refractivity contribution in [2.75, 3.05) is 26.2 Å². The van der Waals surface area contributed by atoms with Crippen LogP contribution >= 0.6 is 11.6 Å². The first-order valence-corrected chi connectivity index (χ1v) is 9.33. The van der Waals surface area contributed by atoms with Gasteiger partial charge in [-0.3, -0.25) is 4.79 Å². The Morgan fingerprint density at radius 3 is 2.54 bits per heavy atom. The third kappa shape index (κ3) is 4.22. The number of piperidine rings is 1. The molecule has 0 atom stereocenters. The molecule has 1 aromatic carbocycles. The summed E-state index contributed by atoms with van der Waals surface area (Å²) in [6.45, 7) is 8.07. The molecular formula is C19H27ClN2O2. The number of carbonyl (C=O) groups is 1. The number of hydrogen-bond donors (Lipinski definition) is 0. The maximum Gasteiger partial charge on any atom is 0.223 e. The molecule has 0 aromatic heterocycles. The van der Waals surface area contributed by atoms with E-state index in [1.165, 1.54) is 0 Å². The Balaban J connectivity index is 1.39. The minimum absolute atomic E-state index is 0.0663. The summed E-state index contributed by atoms with van der Waals surface area (Å²) in [7, 11) is 0. The molecule has 2 aliphatic heterocycles. The maximum atomic E-state index is 12.4. The van der Waals surface area contributed by atoms with Crippen molar-refractivity contribution in [1.29, 1.82) is 0 Å². The molecule has 5 heteroatoms. The molecule has 0 aliphatic carbocycles. The first-order chi connectivity index (χ1) is 11.5. The molecule has 0 N–H and O–H groups in total. The summed E-state index contributed by atoms with van der Waals surface area (Å²) in [6.07, 6.45) is 3.02. The number of carbonyl (C=O) groups excluding carboxylic acids is 1. The Morgan fingerprint density at radius 1 is 1.25 bits per heavy atom. The standard InChI is InChI=1S/C19H27ClN2O2/c1-14(2)21-9-7-15(8-10-21)11-19(23)22-12-16(13-22)24-18-6-4-3-5-17(18)20/h3-6,14-16H,7-13H2,1-2H3. The van der Waals surface area contributed by atoms with Crippen LogP contribution in [0, 0.1) is 5.92 Å². The lowest BCUT2D eigenvalue weighted by Crippen LogP contribution is -2.56. The van der Waals surface area contributed by atoms with Gasteiger partial charge in [-0.25, -0.2) is 0 Å². The fraction of sp³-hybridized carbons (Fsp3) is 0.632. The van der Waals surface area contributed by atoms with E-state index in [0.717, 1.165) is 25.9 Å². The van der Waals surface area contributed by atoms with Gasteiger partial charge in [-0.1, -0.05) is 23.7 Å². The normalized spacial score (nSPS) is 20.2. The van der Waals surface area contributed by atoms with Crippen LogP contribution in [0.2, 0.25) is 5.02 Å². The molecule has 0 radical (unpaired) electrons. The monoisotopic (exact) mass is 350 g/mol. The first kappa shape index (κ1) is 17.6. The van der Waals surface area contributed by atoms with Crippen LogP contribution in [0.3, 0.4) is 0 Å². The summed E-state index contributed by atoms with van der Waals surface area (Å²) in [5.41, 5.74) is 0. The number of nitrogens with zero attached hydrogens (tertiary/aromatic N) is 2. The van der Waals surface area contributed by atoms with E-state index in [0.29, 0.717) is 42.2 Å². The van der Waals surface area contributed by atoms with Crippen LogP contribution < -0.4 is 4.74 Å². The van der Waals surface area contributed by atoms with Crippen LogP contribution in [-0.4, -0.2) is 54.0 Å². The molecule has 2 saturated heterocycles. The summed E-state index contributed by atoms with van der Waals surface area (Å²) >= 11 is 6.10. The number of benzene rings is 1. The van der Waals surface area contributed by atoms with Crippen molar-refractivity contribution in [2.24, 2.45) is 5.92 Å². The van der Waals surface area contributed by atoms with Crippen molar-refractivity contribution in [2.45, 2.75) is 45.3 Å². The van der Waals surface area contributed by atoms with Gasteiger partial charge in [-0.2, -0.15) is 0 Å². The van der Waals surface area contributed by atoms with Crippen LogP contribution in [0.4, 0.5) is 0 Å². The Morgan fingerprint density at radius 2 is 1.92 bits per heavy atom. The molecule has 4 nitrogen and oxygen atoms in total. The molecule has 2 heterocycles. The smallest absolute Gasteiger partial charge is 0.223 e. The molecule has 132 valence electrons. The Bertz CT molecular complexity index is 564. The van der Waals surface area contributed by atoms with E-state index in [2.05, 4.69) is 18.7 Å². The molecule has 2 fully saturated rings. The lowest BCUT2D eigenvalue weighted by Gasteiger charge is -2.40. The number of likely N-dealkylation sites (tertiary alicyclic amines) is 2. The highest BCUT2D eigenvalue weighted by Crippen LogP contribution is 2.28. The quantitative estimate of drug-likeness (QED) is 0.815. The predicted octanol–water partition coefficient (Wildman–Crippen LogP) is 3.44. The third-order valence-electron chi connectivity index (χ3n) is 5.17. The zero-order valence-corrected chi connectivity index (χ0v) is 15.3. The van der Waals surface area contributed by atoms with E-state index in [4.69, 9.17) is 16.3 Å². The first-order valence-electron chi connectivity index (χ1n) is 8.96. The summed E-state index contributed by atoms with van der Waals surface area (Å²) in [6, 6.07) is 8.10. The van der Waals surface area contributed by atoms with Gasteiger partial charge in [0.05, 0.1) is 18.1 Å². The van der Waals surface area contributed by atoms with Crippen LogP contribution in [0.5, 0.6) is 5.75 Å². The SMILES string of the molecule is CC(C)N1CCC(CC(=O)N2CC(Oc3ccccc3Cl)C2)CC1. The summed E-state index contributed by atoms with van der Waals surface area (Å²) < 4.78 is 5.86. The molecule has 0 saturated carbocycles. The van der Waals surface area contributed by atoms with E-state index in [9.17, 15) is 4.79 Å². The van der Waals surface area contributed by atoms with Gasteiger partial charge in [0, 0.05) is 12.5 Å². The highest BCUT2D eigenvalue weighted by molar-refractivity contribution is 6.32. The Hall–Kier alpha value is -1.26. The number of halogens is 1. The minimum atomic E-state index is 0.0663. The van der Waals surface area contributed by atoms with Gasteiger partial charge in [-0.15, -0.1) is 0 Å². The van der Waals surface area contributed by atoms with Crippen molar-refractivity contribution in [3.8, 4) is 5.75 Å². The maximum absolute atomic E-state index is 12.4. The van der Waals surface area contributed by atoms with Gasteiger partial charge in [0.1, 0.15) is 11.9 Å². The van der Waals surface area contributed by atoms with Crippen LogP contribution in [0.1, 0.15) is 33.1 Å². The predicted molar refractivity (Wildman–Crippen MR) is 96.5 cm³/mol. The number of rotatable bonds is 5. The van der Waals surface area contributed by atoms with Gasteiger partial charge >= 0.3 is 0 Å². The average Bonchev–Trinajstić information content (AvgIpc) is 2.52. The van der Waals surface area contributed by atoms with E-state index < -0.39 is 0 Å². The van der Waals surface area contributed by atoms with Crippen LogP contribution in [0.25, 0.3) is 0 Å². The molecule has 24 heavy (non-hydrogen) atoms. The second kappa shape index (κ2) is 7.75. The molecule has 3 rings (SSSR count). The van der Waals surface area contributed by atoms with Crippen LogP contribution in [0.15, 0.2) is 24.3 Å². The summed E-state index contributed by atoms with van der Waals surface area (Å²) in [5.74, 6) is 1.52. The highest BCUT2D eigenvalue weighted by Gasteiger charge is 2.34. The highest BCUT2D eigenvalue weighted by atomic mass is 35.5. The molecule has 1 amide bonds. The van der Waals surface area contributed by atoms with Gasteiger partial charge in [0.2, 0.25) is 5.91 Å². The van der Waals surface area contributed by atoms with Crippen molar-refractivity contribution in [1.82, 2.24) is 9.80 Å². The molecule has 2 aliphatic rings. The Kier molecular flexibility index (Phi) is 5.67. The zero-order valence-electron chi connectivity index (χ0n) is 14.6. The minimum Gasteiger partial charge on any atom is -0.485 e. The van der Waals surface area contributed by atoms with Crippen molar-refractivity contribution in [3.63, 3.8) is 0 Å². The molecule has 0 spiro atoms. The molecule has 0 bridgehead atoms. The van der Waals surface area contributed by atoms with Gasteiger partial charge < -0.3 is 14.5 Å². The number of amides is 1. The second-order valence-electron chi connectivity index (χ2n) is 7.25. The second-order valence-corrected chi connectivity index (χ2v) is 7.65. The lowest BCUT2D eigenvalue weighted by atomic mass is 9.92. The largest absolute Gasteiger partial charge is 0.485 e. The van der Waals surface area contributed by atoms with Gasteiger partial charge in [-0.05, 0) is 57.8 Å². The zero-order chi connectivity index (χ0) is 17.1. The van der Waals surface area contributed by atoms with Gasteiger partial charge in [0.15, 0.2) is 0 Å². The average molecular weight is 351 g/mol. The topological polar surface area (TPSA) is 32.8 Å². The van der Waals surface area contributed by atoms with E-state index in [1.54, 1.807) is 0 Å². The number of ether oxygens (including phenoxy) is 1. The molecule has 1 aromatic rings. The van der Waals surface area contributed by atoms with E-state index >= 15 is 0 Å². The van der Waals surface area contributed by atoms with E-state index in [-0.39, 0.29) is 12.0 Å². The van der Waals surface area contributed by atoms with Crippen molar-refractivity contribution in [3.05, 3.63) is 29.3 Å². The molecular weight excluding hydrogens is 324 g/mol. The fourth-order valence-corrected chi connectivity index (χ4v) is 3.67. The third-order valence-corrected chi connectivity index (χ3v) is 5.49.